The van der Waals surface area contributed by atoms with Gasteiger partial charge in [0.05, 0.1) is 17.8 Å². The van der Waals surface area contributed by atoms with E-state index in [0.717, 1.165) is 16.6 Å². The zero-order valence-corrected chi connectivity index (χ0v) is 18.3. The Hall–Kier alpha value is -3.59. The van der Waals surface area contributed by atoms with Gasteiger partial charge in [-0.2, -0.15) is 15.1 Å². The lowest BCUT2D eigenvalue weighted by Crippen LogP contribution is -2.49. The molecular weight excluding hydrogens is 430 g/mol. The molecule has 0 spiro atoms. The van der Waals surface area contributed by atoms with Crippen molar-refractivity contribution < 1.29 is 9.21 Å². The van der Waals surface area contributed by atoms with Crippen molar-refractivity contribution in [3.8, 4) is 0 Å². The van der Waals surface area contributed by atoms with Crippen LogP contribution in [0.3, 0.4) is 0 Å². The Kier molecular flexibility index (Phi) is 5.40. The number of furan rings is 1. The Labute approximate surface area is 189 Å². The zero-order valence-electron chi connectivity index (χ0n) is 17.5. The van der Waals surface area contributed by atoms with Crippen LogP contribution in [0.1, 0.15) is 16.1 Å². The van der Waals surface area contributed by atoms with Crippen LogP contribution >= 0.6 is 11.6 Å². The third-order valence-corrected chi connectivity index (χ3v) is 5.75. The van der Waals surface area contributed by atoms with Gasteiger partial charge in [0, 0.05) is 44.8 Å². The third-order valence-electron chi connectivity index (χ3n) is 5.51. The fourth-order valence-corrected chi connectivity index (χ4v) is 4.00. The molecular formula is C22H22ClN7O2. The highest BCUT2D eigenvalue weighted by Crippen LogP contribution is 2.25. The fraction of sp³-hybridized carbons (Fsp3) is 0.273. The van der Waals surface area contributed by atoms with Gasteiger partial charge in [-0.3, -0.25) is 9.48 Å². The minimum absolute atomic E-state index is 0.0958. The van der Waals surface area contributed by atoms with Crippen LogP contribution in [-0.2, 0) is 13.6 Å². The van der Waals surface area contributed by atoms with Crippen molar-refractivity contribution in [1.82, 2.24) is 24.6 Å². The number of hydrogen-bond donors (Lipinski definition) is 1. The van der Waals surface area contributed by atoms with E-state index in [1.165, 1.54) is 6.26 Å². The molecule has 4 aromatic rings. The van der Waals surface area contributed by atoms with Crippen LogP contribution in [0.15, 0.2) is 53.3 Å². The summed E-state index contributed by atoms with van der Waals surface area (Å²) in [6.07, 6.45) is 3.28. The Morgan fingerprint density at radius 3 is 2.75 bits per heavy atom. The van der Waals surface area contributed by atoms with E-state index in [2.05, 4.69) is 15.3 Å². The SMILES string of the molecule is Cn1ncc2c(NCc3cccc(Cl)c3)nc(N3CCN(C(=O)c4ccco4)CC3)nc21. The number of nitrogens with one attached hydrogen (secondary N) is 1. The van der Waals surface area contributed by atoms with Gasteiger partial charge in [0.2, 0.25) is 5.95 Å². The lowest BCUT2D eigenvalue weighted by atomic mass is 10.2. The Morgan fingerprint density at radius 1 is 1.16 bits per heavy atom. The van der Waals surface area contributed by atoms with Gasteiger partial charge < -0.3 is 19.5 Å². The normalized spacial score (nSPS) is 14.2. The number of carbonyl (C=O) groups excluding carboxylic acids is 1. The van der Waals surface area contributed by atoms with E-state index in [4.69, 9.17) is 26.0 Å². The number of nitrogens with zero attached hydrogens (tertiary/aromatic N) is 6. The number of aromatic nitrogens is 4. The second-order valence-corrected chi connectivity index (χ2v) is 8.05. The second-order valence-electron chi connectivity index (χ2n) is 7.62. The van der Waals surface area contributed by atoms with Gasteiger partial charge in [0.25, 0.3) is 5.91 Å². The van der Waals surface area contributed by atoms with Crippen LogP contribution in [0.5, 0.6) is 0 Å². The van der Waals surface area contributed by atoms with Crippen molar-refractivity contribution in [2.45, 2.75) is 6.54 Å². The summed E-state index contributed by atoms with van der Waals surface area (Å²) in [5, 5.41) is 9.30. The molecule has 1 aromatic carbocycles. The van der Waals surface area contributed by atoms with E-state index in [1.807, 2.05) is 31.3 Å². The number of carbonyl (C=O) groups is 1. The molecule has 0 saturated carbocycles. The summed E-state index contributed by atoms with van der Waals surface area (Å²) in [4.78, 5) is 25.9. The molecule has 0 bridgehead atoms. The van der Waals surface area contributed by atoms with Gasteiger partial charge in [-0.1, -0.05) is 23.7 Å². The van der Waals surface area contributed by atoms with Crippen molar-refractivity contribution in [2.24, 2.45) is 7.05 Å². The summed E-state index contributed by atoms with van der Waals surface area (Å²) in [5.41, 5.74) is 1.80. The molecule has 10 heteroatoms. The van der Waals surface area contributed by atoms with Crippen molar-refractivity contribution in [3.05, 3.63) is 65.2 Å². The monoisotopic (exact) mass is 451 g/mol. The van der Waals surface area contributed by atoms with Crippen LogP contribution in [-0.4, -0.2) is 56.7 Å². The van der Waals surface area contributed by atoms with Crippen LogP contribution in [0, 0.1) is 0 Å². The molecule has 5 rings (SSSR count). The fourth-order valence-electron chi connectivity index (χ4n) is 3.79. The number of anilines is 2. The van der Waals surface area contributed by atoms with Gasteiger partial charge in [0.15, 0.2) is 11.4 Å². The summed E-state index contributed by atoms with van der Waals surface area (Å²) in [6.45, 7) is 2.97. The number of benzene rings is 1. The van der Waals surface area contributed by atoms with Crippen molar-refractivity contribution >= 4 is 40.3 Å². The number of piperazine rings is 1. The minimum Gasteiger partial charge on any atom is -0.459 e. The summed E-state index contributed by atoms with van der Waals surface area (Å²) in [5.74, 6) is 1.59. The lowest BCUT2D eigenvalue weighted by Gasteiger charge is -2.34. The quantitative estimate of drug-likeness (QED) is 0.498. The molecule has 1 amide bonds. The topological polar surface area (TPSA) is 92.3 Å². The first kappa shape index (κ1) is 20.3. The molecule has 0 radical (unpaired) electrons. The minimum atomic E-state index is -0.0958. The summed E-state index contributed by atoms with van der Waals surface area (Å²) in [6, 6.07) is 11.1. The first-order chi connectivity index (χ1) is 15.6. The lowest BCUT2D eigenvalue weighted by molar-refractivity contribution is 0.0714. The predicted octanol–water partition coefficient (Wildman–Crippen LogP) is 3.18. The molecule has 9 nitrogen and oxygen atoms in total. The standard InChI is InChI=1S/C22H22ClN7O2/c1-28-20-17(14-25-28)19(24-13-15-4-2-5-16(23)12-15)26-22(27-20)30-9-7-29(8-10-30)21(31)18-6-3-11-32-18/h2-6,11-12,14H,7-10,13H2,1H3,(H,24,26,27). The first-order valence-corrected chi connectivity index (χ1v) is 10.7. The molecule has 1 fully saturated rings. The van der Waals surface area contributed by atoms with E-state index < -0.39 is 0 Å². The zero-order chi connectivity index (χ0) is 22.1. The highest BCUT2D eigenvalue weighted by Gasteiger charge is 2.26. The van der Waals surface area contributed by atoms with Crippen molar-refractivity contribution in [2.75, 3.05) is 36.4 Å². The Bertz CT molecular complexity index is 1250. The number of aryl methyl sites for hydroxylation is 1. The van der Waals surface area contributed by atoms with E-state index in [9.17, 15) is 4.79 Å². The van der Waals surface area contributed by atoms with Crippen LogP contribution < -0.4 is 10.2 Å². The van der Waals surface area contributed by atoms with Gasteiger partial charge in [-0.15, -0.1) is 0 Å². The van der Waals surface area contributed by atoms with E-state index >= 15 is 0 Å². The molecule has 1 aliphatic rings. The molecule has 164 valence electrons. The number of hydrogen-bond acceptors (Lipinski definition) is 7. The van der Waals surface area contributed by atoms with Gasteiger partial charge >= 0.3 is 0 Å². The summed E-state index contributed by atoms with van der Waals surface area (Å²) < 4.78 is 6.98. The maximum Gasteiger partial charge on any atom is 0.289 e. The molecule has 1 aliphatic heterocycles. The molecule has 0 atom stereocenters. The van der Waals surface area contributed by atoms with E-state index in [0.29, 0.717) is 55.3 Å². The summed E-state index contributed by atoms with van der Waals surface area (Å²) >= 11 is 6.11. The average Bonchev–Trinajstić information content (AvgIpc) is 3.48. The highest BCUT2D eigenvalue weighted by atomic mass is 35.5. The molecule has 3 aromatic heterocycles. The summed E-state index contributed by atoms with van der Waals surface area (Å²) in [7, 11) is 1.86. The average molecular weight is 452 g/mol. The predicted molar refractivity (Wildman–Crippen MR) is 122 cm³/mol. The maximum absolute atomic E-state index is 12.5. The van der Waals surface area contributed by atoms with Crippen LogP contribution in [0.25, 0.3) is 11.0 Å². The maximum atomic E-state index is 12.5. The Morgan fingerprint density at radius 2 is 2.00 bits per heavy atom. The number of fused-ring (bicyclic) bond motifs is 1. The highest BCUT2D eigenvalue weighted by molar-refractivity contribution is 6.30. The molecule has 4 heterocycles. The first-order valence-electron chi connectivity index (χ1n) is 10.3. The van der Waals surface area contributed by atoms with Gasteiger partial charge in [-0.25, -0.2) is 0 Å². The third kappa shape index (κ3) is 3.99. The van der Waals surface area contributed by atoms with Crippen molar-refractivity contribution in [1.29, 1.82) is 0 Å². The number of amides is 1. The molecule has 1 saturated heterocycles. The van der Waals surface area contributed by atoms with E-state index in [1.54, 1.807) is 27.9 Å². The van der Waals surface area contributed by atoms with Gasteiger partial charge in [0.1, 0.15) is 5.82 Å². The smallest absolute Gasteiger partial charge is 0.289 e. The Balaban J connectivity index is 1.35. The molecule has 32 heavy (non-hydrogen) atoms. The van der Waals surface area contributed by atoms with Gasteiger partial charge in [-0.05, 0) is 29.8 Å². The largest absolute Gasteiger partial charge is 0.459 e. The second kappa shape index (κ2) is 8.51. The van der Waals surface area contributed by atoms with Crippen LogP contribution in [0.4, 0.5) is 11.8 Å². The molecule has 0 unspecified atom stereocenters. The molecule has 1 N–H and O–H groups in total. The number of rotatable bonds is 5. The molecule has 0 aliphatic carbocycles. The van der Waals surface area contributed by atoms with Crippen molar-refractivity contribution in [3.63, 3.8) is 0 Å². The van der Waals surface area contributed by atoms with Crippen LogP contribution in [0.2, 0.25) is 5.02 Å². The number of halogens is 1. The van der Waals surface area contributed by atoms with E-state index in [-0.39, 0.29) is 5.91 Å².